The number of carbonyl (C=O) groups is 1. The molecule has 3 aliphatic rings. The lowest BCUT2D eigenvalue weighted by Crippen LogP contribution is -2.47. The van der Waals surface area contributed by atoms with Crippen molar-refractivity contribution in [2.45, 2.75) is 58.5 Å². The molecule has 2 atom stereocenters. The summed E-state index contributed by atoms with van der Waals surface area (Å²) >= 11 is 0. The Bertz CT molecular complexity index is 1520. The molecule has 0 spiro atoms. The van der Waals surface area contributed by atoms with Gasteiger partial charge in [-0.2, -0.15) is 0 Å². The molecule has 3 aromatic rings. The van der Waals surface area contributed by atoms with Crippen molar-refractivity contribution in [1.29, 1.82) is 0 Å². The van der Waals surface area contributed by atoms with E-state index >= 15 is 0 Å². The molecule has 0 bridgehead atoms. The highest BCUT2D eigenvalue weighted by atomic mass is 16.5. The molecular formula is C33H40N4O5. The second kappa shape index (κ2) is 11.4. The fourth-order valence-electron chi connectivity index (χ4n) is 6.55. The van der Waals surface area contributed by atoms with E-state index in [2.05, 4.69) is 48.1 Å². The van der Waals surface area contributed by atoms with E-state index < -0.39 is 6.09 Å². The van der Waals surface area contributed by atoms with Crippen molar-refractivity contribution in [3.8, 4) is 22.8 Å². The van der Waals surface area contributed by atoms with Crippen molar-refractivity contribution in [2.24, 2.45) is 5.41 Å². The Labute approximate surface area is 246 Å². The second-order valence-electron chi connectivity index (χ2n) is 12.7. The molecule has 6 rings (SSSR count). The molecule has 9 nitrogen and oxygen atoms in total. The molecular weight excluding hydrogens is 532 g/mol. The zero-order valence-corrected chi connectivity index (χ0v) is 24.6. The zero-order valence-electron chi connectivity index (χ0n) is 24.6. The average molecular weight is 573 g/mol. The van der Waals surface area contributed by atoms with Gasteiger partial charge in [0.05, 0.1) is 18.9 Å². The number of rotatable bonds is 4. The molecule has 222 valence electrons. The third kappa shape index (κ3) is 5.83. The van der Waals surface area contributed by atoms with Crippen molar-refractivity contribution in [3.05, 3.63) is 70.0 Å². The lowest BCUT2D eigenvalue weighted by molar-refractivity contribution is 0.0826. The quantitative estimate of drug-likeness (QED) is 0.278. The third-order valence-electron chi connectivity index (χ3n) is 8.70. The van der Waals surface area contributed by atoms with Gasteiger partial charge in [0.25, 0.3) is 0 Å². The van der Waals surface area contributed by atoms with Crippen molar-refractivity contribution in [1.82, 2.24) is 9.88 Å². The number of aromatic amines is 1. The summed E-state index contributed by atoms with van der Waals surface area (Å²) in [5.41, 5.74) is 5.36. The minimum Gasteiger partial charge on any atom is -0.465 e. The highest BCUT2D eigenvalue weighted by Crippen LogP contribution is 2.43. The Morgan fingerprint density at radius 3 is 2.62 bits per heavy atom. The number of hydrogen-bond acceptors (Lipinski definition) is 6. The number of ether oxygens (including phenoxy) is 2. The standard InChI is InChI=1S/C33H40N4O5/c1-33(2,3)29-18-23(7-5-11-37(29)32(39)40)34-24-9-10-28-22(17-24)16-21-6-4-8-26(31(21)42-28)27-19-25(20-30(38)35-27)36-12-14-41-15-13-36/h4,6,8-10,17,19-20,23,29,34H,5,7,11-16,18H2,1-3H3,(H,35,38)(H,39,40). The fourth-order valence-corrected chi connectivity index (χ4v) is 6.55. The van der Waals surface area contributed by atoms with E-state index in [-0.39, 0.29) is 23.1 Å². The summed E-state index contributed by atoms with van der Waals surface area (Å²) in [7, 11) is 0. The Balaban J connectivity index is 1.23. The van der Waals surface area contributed by atoms with Crippen LogP contribution in [-0.2, 0) is 11.2 Å². The highest BCUT2D eigenvalue weighted by Gasteiger charge is 2.37. The van der Waals surface area contributed by atoms with Crippen LogP contribution in [0.15, 0.2) is 53.3 Å². The minimum atomic E-state index is -0.837. The van der Waals surface area contributed by atoms with Crippen LogP contribution in [0.5, 0.6) is 11.5 Å². The molecule has 2 aromatic carbocycles. The number of pyridine rings is 1. The van der Waals surface area contributed by atoms with Crippen LogP contribution in [0.25, 0.3) is 11.3 Å². The van der Waals surface area contributed by atoms with Crippen LogP contribution in [0.4, 0.5) is 16.2 Å². The number of amides is 1. The van der Waals surface area contributed by atoms with E-state index in [1.807, 2.05) is 30.3 Å². The van der Waals surface area contributed by atoms with Gasteiger partial charge in [-0.25, -0.2) is 4.79 Å². The first kappa shape index (κ1) is 28.2. The van der Waals surface area contributed by atoms with Crippen molar-refractivity contribution >= 4 is 17.5 Å². The van der Waals surface area contributed by atoms with Gasteiger partial charge >= 0.3 is 6.09 Å². The van der Waals surface area contributed by atoms with Gasteiger partial charge < -0.3 is 34.7 Å². The number of carboxylic acid groups (broad SMARTS) is 1. The van der Waals surface area contributed by atoms with Crippen LogP contribution in [0, 0.1) is 5.41 Å². The van der Waals surface area contributed by atoms with Gasteiger partial charge in [-0.3, -0.25) is 4.79 Å². The van der Waals surface area contributed by atoms with E-state index in [0.717, 1.165) is 77.6 Å². The predicted molar refractivity (Wildman–Crippen MR) is 164 cm³/mol. The predicted octanol–water partition coefficient (Wildman–Crippen LogP) is 5.93. The monoisotopic (exact) mass is 572 g/mol. The van der Waals surface area contributed by atoms with Crippen LogP contribution >= 0.6 is 0 Å². The van der Waals surface area contributed by atoms with Crippen molar-refractivity contribution in [3.63, 3.8) is 0 Å². The molecule has 1 aromatic heterocycles. The lowest BCUT2D eigenvalue weighted by Gasteiger charge is -2.38. The number of nitrogens with zero attached hydrogens (tertiary/aromatic N) is 2. The van der Waals surface area contributed by atoms with Crippen LogP contribution in [-0.4, -0.2) is 66.0 Å². The molecule has 42 heavy (non-hydrogen) atoms. The van der Waals surface area contributed by atoms with E-state index in [1.54, 1.807) is 11.0 Å². The number of H-pyrrole nitrogens is 1. The average Bonchev–Trinajstić information content (AvgIpc) is 3.19. The number of hydrogen-bond donors (Lipinski definition) is 3. The van der Waals surface area contributed by atoms with Crippen LogP contribution in [0.1, 0.15) is 51.2 Å². The molecule has 4 heterocycles. The van der Waals surface area contributed by atoms with Gasteiger partial charge in [-0.15, -0.1) is 0 Å². The summed E-state index contributed by atoms with van der Waals surface area (Å²) in [6.45, 7) is 9.73. The molecule has 9 heteroatoms. The molecule has 0 aliphatic carbocycles. The number of morpholine rings is 1. The Morgan fingerprint density at radius 2 is 1.86 bits per heavy atom. The van der Waals surface area contributed by atoms with Gasteiger partial charge in [0, 0.05) is 66.7 Å². The van der Waals surface area contributed by atoms with Crippen LogP contribution in [0.3, 0.4) is 0 Å². The summed E-state index contributed by atoms with van der Waals surface area (Å²) in [6, 6.07) is 16.1. The number of nitrogens with one attached hydrogen (secondary N) is 2. The first-order chi connectivity index (χ1) is 20.2. The Kier molecular flexibility index (Phi) is 7.62. The van der Waals surface area contributed by atoms with Gasteiger partial charge in [-0.1, -0.05) is 32.9 Å². The largest absolute Gasteiger partial charge is 0.465 e. The third-order valence-corrected chi connectivity index (χ3v) is 8.70. The molecule has 0 radical (unpaired) electrons. The topological polar surface area (TPSA) is 107 Å². The minimum absolute atomic E-state index is 0.0607. The number of fused-ring (bicyclic) bond motifs is 2. The summed E-state index contributed by atoms with van der Waals surface area (Å²) in [4.78, 5) is 31.5. The summed E-state index contributed by atoms with van der Waals surface area (Å²) < 4.78 is 12.0. The Morgan fingerprint density at radius 1 is 1.05 bits per heavy atom. The van der Waals surface area contributed by atoms with Gasteiger partial charge in [-0.05, 0) is 60.6 Å². The maximum atomic E-state index is 12.6. The van der Waals surface area contributed by atoms with Crippen LogP contribution in [0.2, 0.25) is 0 Å². The molecule has 1 amide bonds. The number of aromatic nitrogens is 1. The Hall–Kier alpha value is -3.98. The first-order valence-electron chi connectivity index (χ1n) is 14.9. The zero-order chi connectivity index (χ0) is 29.4. The molecule has 3 N–H and O–H groups in total. The molecule has 0 saturated carbocycles. The molecule has 3 aliphatic heterocycles. The number of anilines is 2. The van der Waals surface area contributed by atoms with E-state index in [0.29, 0.717) is 26.2 Å². The number of likely N-dealkylation sites (tertiary alicyclic amines) is 1. The smallest absolute Gasteiger partial charge is 0.407 e. The maximum Gasteiger partial charge on any atom is 0.407 e. The van der Waals surface area contributed by atoms with E-state index in [9.17, 15) is 14.7 Å². The van der Waals surface area contributed by atoms with Crippen LogP contribution < -0.4 is 20.5 Å². The van der Waals surface area contributed by atoms with Gasteiger partial charge in [0.2, 0.25) is 5.56 Å². The normalized spacial score (nSPS) is 20.6. The molecule has 2 unspecified atom stereocenters. The first-order valence-corrected chi connectivity index (χ1v) is 14.9. The molecule has 2 saturated heterocycles. The SMILES string of the molecule is CC(C)(C)C1CC(Nc2ccc3c(c2)Cc2cccc(-c4cc(N5CCOCC5)cc(=O)[nH]4)c2O3)CCCN1C(=O)O. The highest BCUT2D eigenvalue weighted by molar-refractivity contribution is 5.74. The molecule has 2 fully saturated rings. The summed E-state index contributed by atoms with van der Waals surface area (Å²) in [5, 5.41) is 13.5. The summed E-state index contributed by atoms with van der Waals surface area (Å²) in [6.07, 6.45) is 2.38. The van der Waals surface area contributed by atoms with E-state index in [1.165, 1.54) is 0 Å². The second-order valence-corrected chi connectivity index (χ2v) is 12.7. The lowest BCUT2D eigenvalue weighted by atomic mass is 9.82. The summed E-state index contributed by atoms with van der Waals surface area (Å²) in [5.74, 6) is 1.57. The maximum absolute atomic E-state index is 12.6. The van der Waals surface area contributed by atoms with Gasteiger partial charge in [0.1, 0.15) is 11.5 Å². The fraction of sp³-hybridized carbons (Fsp3) is 0.455. The van der Waals surface area contributed by atoms with Gasteiger partial charge in [0.15, 0.2) is 0 Å². The number of para-hydroxylation sites is 1. The van der Waals surface area contributed by atoms with Crippen molar-refractivity contribution < 1.29 is 19.4 Å². The van der Waals surface area contributed by atoms with E-state index in [4.69, 9.17) is 9.47 Å². The number of benzene rings is 2. The van der Waals surface area contributed by atoms with Crippen molar-refractivity contribution in [2.75, 3.05) is 43.1 Å².